The predicted molar refractivity (Wildman–Crippen MR) is 121 cm³/mol. The predicted octanol–water partition coefficient (Wildman–Crippen LogP) is 3.88. The van der Waals surface area contributed by atoms with Gasteiger partial charge in [0.1, 0.15) is 0 Å². The standard InChI is InChI=1S/C21H28N4O2S2/c1-15-13-28-20(22-15)29-14-18(26)23-16-5-7-17(8-6-16)24-9-11-25(12-10-24)19(27)21(2,3)4/h5-8,13H,9-12,14H2,1-4H3,(H,23,26). The second-order valence-electron chi connectivity index (χ2n) is 8.17. The normalized spacial score (nSPS) is 14.8. The molecule has 0 unspecified atom stereocenters. The molecule has 2 aromatic rings. The summed E-state index contributed by atoms with van der Waals surface area (Å²) in [7, 11) is 0. The van der Waals surface area contributed by atoms with Crippen molar-refractivity contribution >= 4 is 46.3 Å². The van der Waals surface area contributed by atoms with Crippen molar-refractivity contribution in [3.05, 3.63) is 35.3 Å². The number of nitrogens with zero attached hydrogens (tertiary/aromatic N) is 3. The van der Waals surface area contributed by atoms with Crippen LogP contribution in [0.2, 0.25) is 0 Å². The number of thioether (sulfide) groups is 1. The van der Waals surface area contributed by atoms with Crippen molar-refractivity contribution in [3.8, 4) is 0 Å². The lowest BCUT2D eigenvalue weighted by atomic mass is 9.94. The zero-order valence-electron chi connectivity index (χ0n) is 17.4. The summed E-state index contributed by atoms with van der Waals surface area (Å²) < 4.78 is 0.914. The van der Waals surface area contributed by atoms with Crippen LogP contribution in [0.5, 0.6) is 0 Å². The van der Waals surface area contributed by atoms with Gasteiger partial charge in [0.25, 0.3) is 0 Å². The van der Waals surface area contributed by atoms with Crippen LogP contribution in [0.4, 0.5) is 11.4 Å². The van der Waals surface area contributed by atoms with Crippen LogP contribution in [0.15, 0.2) is 34.0 Å². The van der Waals surface area contributed by atoms with Gasteiger partial charge in [0.15, 0.2) is 4.34 Å². The SMILES string of the molecule is Cc1csc(SCC(=O)Nc2ccc(N3CCN(C(=O)C(C)(C)C)CC3)cc2)n1. The van der Waals surface area contributed by atoms with E-state index in [0.717, 1.165) is 47.6 Å². The van der Waals surface area contributed by atoms with Gasteiger partial charge in [0, 0.05) is 54.0 Å². The van der Waals surface area contributed by atoms with Crippen molar-refractivity contribution in [2.24, 2.45) is 5.41 Å². The average molecular weight is 433 g/mol. The van der Waals surface area contributed by atoms with Crippen LogP contribution in [-0.2, 0) is 9.59 Å². The van der Waals surface area contributed by atoms with E-state index in [1.807, 2.05) is 62.2 Å². The zero-order valence-corrected chi connectivity index (χ0v) is 19.0. The Labute approximate surface area is 180 Å². The van der Waals surface area contributed by atoms with E-state index in [1.54, 1.807) is 11.3 Å². The monoisotopic (exact) mass is 432 g/mol. The zero-order chi connectivity index (χ0) is 21.0. The van der Waals surface area contributed by atoms with E-state index in [9.17, 15) is 9.59 Å². The molecule has 29 heavy (non-hydrogen) atoms. The number of nitrogens with one attached hydrogen (secondary N) is 1. The first-order valence-corrected chi connectivity index (χ1v) is 11.6. The first-order chi connectivity index (χ1) is 13.7. The smallest absolute Gasteiger partial charge is 0.234 e. The number of aromatic nitrogens is 1. The molecule has 1 aliphatic rings. The minimum atomic E-state index is -0.335. The third-order valence-corrected chi connectivity index (χ3v) is 6.79. The summed E-state index contributed by atoms with van der Waals surface area (Å²) in [6.45, 7) is 10.9. The summed E-state index contributed by atoms with van der Waals surface area (Å²) in [4.78, 5) is 33.2. The van der Waals surface area contributed by atoms with E-state index in [2.05, 4.69) is 15.2 Å². The minimum Gasteiger partial charge on any atom is -0.368 e. The van der Waals surface area contributed by atoms with Crippen molar-refractivity contribution in [2.45, 2.75) is 32.0 Å². The fraction of sp³-hybridized carbons (Fsp3) is 0.476. The van der Waals surface area contributed by atoms with Gasteiger partial charge in [-0.05, 0) is 31.2 Å². The number of hydrogen-bond donors (Lipinski definition) is 1. The van der Waals surface area contributed by atoms with Crippen LogP contribution >= 0.6 is 23.1 Å². The Balaban J connectivity index is 1.47. The fourth-order valence-electron chi connectivity index (χ4n) is 3.12. The number of rotatable bonds is 5. The average Bonchev–Trinajstić information content (AvgIpc) is 3.11. The molecular weight excluding hydrogens is 404 g/mol. The first-order valence-electron chi connectivity index (χ1n) is 9.71. The molecule has 0 saturated carbocycles. The Morgan fingerprint density at radius 3 is 2.34 bits per heavy atom. The molecule has 0 spiro atoms. The number of piperazine rings is 1. The maximum absolute atomic E-state index is 12.4. The van der Waals surface area contributed by atoms with Crippen molar-refractivity contribution in [1.29, 1.82) is 0 Å². The van der Waals surface area contributed by atoms with Crippen molar-refractivity contribution < 1.29 is 9.59 Å². The number of thiazole rings is 1. The summed E-state index contributed by atoms with van der Waals surface area (Å²) >= 11 is 3.01. The van der Waals surface area contributed by atoms with Gasteiger partial charge in [-0.3, -0.25) is 9.59 Å². The lowest BCUT2D eigenvalue weighted by Gasteiger charge is -2.38. The van der Waals surface area contributed by atoms with Gasteiger partial charge in [-0.1, -0.05) is 32.5 Å². The molecule has 0 bridgehead atoms. The highest BCUT2D eigenvalue weighted by Gasteiger charge is 2.29. The van der Waals surface area contributed by atoms with Crippen LogP contribution in [0.25, 0.3) is 0 Å². The molecule has 0 atom stereocenters. The van der Waals surface area contributed by atoms with E-state index >= 15 is 0 Å². The Kier molecular flexibility index (Phi) is 6.85. The number of carbonyl (C=O) groups excluding carboxylic acids is 2. The number of carbonyl (C=O) groups is 2. The molecule has 2 amide bonds. The van der Waals surface area contributed by atoms with Crippen LogP contribution < -0.4 is 10.2 Å². The molecule has 6 nitrogen and oxygen atoms in total. The maximum Gasteiger partial charge on any atom is 0.234 e. The number of aryl methyl sites for hydroxylation is 1. The lowest BCUT2D eigenvalue weighted by Crippen LogP contribution is -2.51. The van der Waals surface area contributed by atoms with Crippen LogP contribution in [0.1, 0.15) is 26.5 Å². The van der Waals surface area contributed by atoms with E-state index in [1.165, 1.54) is 11.8 Å². The molecule has 1 N–H and O–H groups in total. The molecule has 1 saturated heterocycles. The van der Waals surface area contributed by atoms with Gasteiger partial charge in [-0.15, -0.1) is 11.3 Å². The molecule has 0 aliphatic carbocycles. The summed E-state index contributed by atoms with van der Waals surface area (Å²) in [5.74, 6) is 0.518. The third-order valence-electron chi connectivity index (χ3n) is 4.65. The molecule has 8 heteroatoms. The number of anilines is 2. The second kappa shape index (κ2) is 9.17. The minimum absolute atomic E-state index is 0.0371. The van der Waals surface area contributed by atoms with E-state index in [-0.39, 0.29) is 17.2 Å². The molecular formula is C21H28N4O2S2. The molecule has 1 aromatic heterocycles. The summed E-state index contributed by atoms with van der Waals surface area (Å²) in [6, 6.07) is 7.90. The molecule has 1 aliphatic heterocycles. The Bertz CT molecular complexity index is 850. The van der Waals surface area contributed by atoms with Gasteiger partial charge >= 0.3 is 0 Å². The van der Waals surface area contributed by atoms with Crippen molar-refractivity contribution in [2.75, 3.05) is 42.1 Å². The summed E-state index contributed by atoms with van der Waals surface area (Å²) in [5.41, 5.74) is 2.55. The Hall–Kier alpha value is -2.06. The quantitative estimate of drug-likeness (QED) is 0.727. The highest BCUT2D eigenvalue weighted by Crippen LogP contribution is 2.24. The van der Waals surface area contributed by atoms with Crippen LogP contribution in [-0.4, -0.2) is 53.6 Å². The van der Waals surface area contributed by atoms with Gasteiger partial charge < -0.3 is 15.1 Å². The fourth-order valence-corrected chi connectivity index (χ4v) is 4.77. The topological polar surface area (TPSA) is 65.5 Å². The van der Waals surface area contributed by atoms with E-state index in [0.29, 0.717) is 5.75 Å². The van der Waals surface area contributed by atoms with Gasteiger partial charge in [-0.2, -0.15) is 0 Å². The summed E-state index contributed by atoms with van der Waals surface area (Å²) in [6.07, 6.45) is 0. The lowest BCUT2D eigenvalue weighted by molar-refractivity contribution is -0.139. The number of amides is 2. The number of benzene rings is 1. The Morgan fingerprint density at radius 1 is 1.14 bits per heavy atom. The van der Waals surface area contributed by atoms with Gasteiger partial charge in [-0.25, -0.2) is 4.98 Å². The molecule has 1 fully saturated rings. The van der Waals surface area contributed by atoms with Gasteiger partial charge in [0.2, 0.25) is 11.8 Å². The maximum atomic E-state index is 12.4. The molecule has 0 radical (unpaired) electrons. The molecule has 156 valence electrons. The van der Waals surface area contributed by atoms with Crippen molar-refractivity contribution in [1.82, 2.24) is 9.88 Å². The van der Waals surface area contributed by atoms with Crippen molar-refractivity contribution in [3.63, 3.8) is 0 Å². The highest BCUT2D eigenvalue weighted by atomic mass is 32.2. The first kappa shape index (κ1) is 21.6. The highest BCUT2D eigenvalue weighted by molar-refractivity contribution is 8.01. The van der Waals surface area contributed by atoms with E-state index in [4.69, 9.17) is 0 Å². The third kappa shape index (κ3) is 5.96. The molecule has 2 heterocycles. The molecule has 1 aromatic carbocycles. The van der Waals surface area contributed by atoms with E-state index < -0.39 is 0 Å². The molecule has 3 rings (SSSR count). The van der Waals surface area contributed by atoms with Crippen LogP contribution in [0, 0.1) is 12.3 Å². The number of hydrogen-bond acceptors (Lipinski definition) is 6. The van der Waals surface area contributed by atoms with Crippen LogP contribution in [0.3, 0.4) is 0 Å². The summed E-state index contributed by atoms with van der Waals surface area (Å²) in [5, 5.41) is 4.92. The second-order valence-corrected chi connectivity index (χ2v) is 10.2. The Morgan fingerprint density at radius 2 is 1.79 bits per heavy atom. The largest absolute Gasteiger partial charge is 0.368 e. The van der Waals surface area contributed by atoms with Gasteiger partial charge in [0.05, 0.1) is 5.75 Å².